The monoisotopic (exact) mass is 186 g/mol. The zero-order valence-electron chi connectivity index (χ0n) is 7.56. The van der Waals surface area contributed by atoms with E-state index in [1.54, 1.807) is 6.08 Å². The fourth-order valence-electron chi connectivity index (χ4n) is 1.06. The molecule has 0 fully saturated rings. The van der Waals surface area contributed by atoms with Crippen LogP contribution in [0, 0.1) is 11.8 Å². The number of carbonyl (C=O) groups is 2. The number of allylic oxidation sites excluding steroid dienone is 1. The number of hydrogen-bond donors (Lipinski definition) is 2. The summed E-state index contributed by atoms with van der Waals surface area (Å²) < 4.78 is 0. The molecule has 2 N–H and O–H groups in total. The summed E-state index contributed by atoms with van der Waals surface area (Å²) in [6.07, 6.45) is 2.44. The Morgan fingerprint density at radius 1 is 1.38 bits per heavy atom. The minimum atomic E-state index is -1.07. The smallest absolute Gasteiger partial charge is 0.307 e. The van der Waals surface area contributed by atoms with Crippen molar-refractivity contribution in [3.8, 4) is 0 Å². The van der Waals surface area contributed by atoms with Crippen molar-refractivity contribution in [2.75, 3.05) is 0 Å². The zero-order chi connectivity index (χ0) is 10.4. The predicted molar refractivity (Wildman–Crippen MR) is 47.4 cm³/mol. The number of aliphatic carboxylic acids is 2. The molecule has 0 aromatic heterocycles. The molecule has 0 aromatic carbocycles. The summed E-state index contributed by atoms with van der Waals surface area (Å²) in [5.41, 5.74) is 0. The van der Waals surface area contributed by atoms with Crippen LogP contribution in [-0.2, 0) is 9.59 Å². The molecule has 74 valence electrons. The van der Waals surface area contributed by atoms with Gasteiger partial charge in [0.2, 0.25) is 0 Å². The molecule has 4 nitrogen and oxygen atoms in total. The summed E-state index contributed by atoms with van der Waals surface area (Å²) in [5, 5.41) is 17.3. The average molecular weight is 186 g/mol. The van der Waals surface area contributed by atoms with E-state index in [4.69, 9.17) is 10.2 Å². The highest BCUT2D eigenvalue weighted by atomic mass is 16.4. The Balaban J connectivity index is 4.31. The van der Waals surface area contributed by atoms with Gasteiger partial charge in [-0.3, -0.25) is 9.59 Å². The highest BCUT2D eigenvalue weighted by molar-refractivity contribution is 5.79. The average Bonchev–Trinajstić information content (AvgIpc) is 2.04. The van der Waals surface area contributed by atoms with Crippen molar-refractivity contribution in [1.82, 2.24) is 0 Å². The first kappa shape index (κ1) is 11.7. The largest absolute Gasteiger partial charge is 0.481 e. The summed E-state index contributed by atoms with van der Waals surface area (Å²) in [7, 11) is 0. The molecule has 0 aliphatic heterocycles. The maximum atomic E-state index is 10.7. The summed E-state index contributed by atoms with van der Waals surface area (Å²) in [4.78, 5) is 21.2. The lowest BCUT2D eigenvalue weighted by Gasteiger charge is -2.14. The van der Waals surface area contributed by atoms with E-state index in [9.17, 15) is 9.59 Å². The van der Waals surface area contributed by atoms with E-state index in [2.05, 4.69) is 6.58 Å². The van der Waals surface area contributed by atoms with Gasteiger partial charge in [0.05, 0.1) is 11.8 Å². The van der Waals surface area contributed by atoms with Gasteiger partial charge in [0, 0.05) is 0 Å². The summed E-state index contributed by atoms with van der Waals surface area (Å²) in [5.74, 6) is -3.80. The molecule has 4 heteroatoms. The lowest BCUT2D eigenvalue weighted by atomic mass is 9.90. The van der Waals surface area contributed by atoms with E-state index in [0.717, 1.165) is 0 Å². The molecule has 0 saturated carbocycles. The van der Waals surface area contributed by atoms with Gasteiger partial charge in [-0.2, -0.15) is 0 Å². The van der Waals surface area contributed by atoms with Gasteiger partial charge in [-0.15, -0.1) is 6.58 Å². The fourth-order valence-corrected chi connectivity index (χ4v) is 1.06. The zero-order valence-corrected chi connectivity index (χ0v) is 7.56. The van der Waals surface area contributed by atoms with Crippen molar-refractivity contribution in [2.24, 2.45) is 11.8 Å². The van der Waals surface area contributed by atoms with Crippen molar-refractivity contribution in [2.45, 2.75) is 19.8 Å². The second-order valence-electron chi connectivity index (χ2n) is 2.94. The Bertz CT molecular complexity index is 210. The van der Waals surface area contributed by atoms with Crippen LogP contribution in [0.3, 0.4) is 0 Å². The van der Waals surface area contributed by atoms with Crippen LogP contribution in [0.25, 0.3) is 0 Å². The summed E-state index contributed by atoms with van der Waals surface area (Å²) in [6, 6.07) is 0. The van der Waals surface area contributed by atoms with Crippen LogP contribution in [0.2, 0.25) is 0 Å². The molecule has 0 radical (unpaired) electrons. The minimum Gasteiger partial charge on any atom is -0.481 e. The number of carboxylic acids is 2. The normalized spacial score (nSPS) is 14.5. The molecule has 0 spiro atoms. The minimum absolute atomic E-state index is 0.326. The molecule has 0 aliphatic rings. The highest BCUT2D eigenvalue weighted by Gasteiger charge is 2.28. The molecule has 0 bridgehead atoms. The Hall–Kier alpha value is -1.32. The van der Waals surface area contributed by atoms with E-state index in [1.165, 1.54) is 6.92 Å². The van der Waals surface area contributed by atoms with Crippen LogP contribution >= 0.6 is 0 Å². The predicted octanol–water partition coefficient (Wildman–Crippen LogP) is 1.37. The second-order valence-corrected chi connectivity index (χ2v) is 2.94. The molecular formula is C9H14O4. The first-order valence-electron chi connectivity index (χ1n) is 4.07. The highest BCUT2D eigenvalue weighted by Crippen LogP contribution is 2.18. The number of hydrogen-bond acceptors (Lipinski definition) is 2. The Labute approximate surface area is 76.9 Å². The van der Waals surface area contributed by atoms with Gasteiger partial charge in [0.1, 0.15) is 0 Å². The lowest BCUT2D eigenvalue weighted by Crippen LogP contribution is -2.27. The third-order valence-electron chi connectivity index (χ3n) is 1.99. The molecule has 2 unspecified atom stereocenters. The van der Waals surface area contributed by atoms with Crippen molar-refractivity contribution in [3.05, 3.63) is 12.7 Å². The van der Waals surface area contributed by atoms with Crippen molar-refractivity contribution < 1.29 is 19.8 Å². The van der Waals surface area contributed by atoms with E-state index < -0.39 is 23.8 Å². The standard InChI is InChI=1S/C9H14O4/c1-3-4-5-7(9(12)13)6(2)8(10)11/h3,6-7H,1,4-5H2,2H3,(H,10,11)(H,12,13). The van der Waals surface area contributed by atoms with Gasteiger partial charge in [-0.05, 0) is 12.8 Å². The van der Waals surface area contributed by atoms with E-state index in [1.807, 2.05) is 0 Å². The SMILES string of the molecule is C=CCCC(C(=O)O)C(C)C(=O)O. The molecule has 0 aromatic rings. The van der Waals surface area contributed by atoms with E-state index in [0.29, 0.717) is 12.8 Å². The first-order chi connectivity index (χ1) is 6.00. The van der Waals surface area contributed by atoms with Gasteiger partial charge >= 0.3 is 11.9 Å². The molecular weight excluding hydrogens is 172 g/mol. The molecule has 0 amide bonds. The molecule has 0 rings (SSSR count). The maximum absolute atomic E-state index is 10.7. The second kappa shape index (κ2) is 5.35. The van der Waals surface area contributed by atoms with Crippen molar-refractivity contribution in [1.29, 1.82) is 0 Å². The van der Waals surface area contributed by atoms with Gasteiger partial charge in [0.25, 0.3) is 0 Å². The lowest BCUT2D eigenvalue weighted by molar-refractivity contribution is -0.153. The van der Waals surface area contributed by atoms with E-state index >= 15 is 0 Å². The van der Waals surface area contributed by atoms with Gasteiger partial charge in [-0.25, -0.2) is 0 Å². The van der Waals surface area contributed by atoms with Crippen LogP contribution < -0.4 is 0 Å². The van der Waals surface area contributed by atoms with Crippen LogP contribution in [-0.4, -0.2) is 22.2 Å². The molecule has 2 atom stereocenters. The first-order valence-corrected chi connectivity index (χ1v) is 4.07. The summed E-state index contributed by atoms with van der Waals surface area (Å²) in [6.45, 7) is 4.86. The topological polar surface area (TPSA) is 74.6 Å². The molecule has 0 saturated heterocycles. The Morgan fingerprint density at radius 2 is 1.92 bits per heavy atom. The van der Waals surface area contributed by atoms with Crippen LogP contribution in [0.5, 0.6) is 0 Å². The van der Waals surface area contributed by atoms with Gasteiger partial charge in [-0.1, -0.05) is 13.0 Å². The third kappa shape index (κ3) is 3.73. The van der Waals surface area contributed by atoms with Crippen LogP contribution in [0.1, 0.15) is 19.8 Å². The van der Waals surface area contributed by atoms with Crippen molar-refractivity contribution in [3.63, 3.8) is 0 Å². The Morgan fingerprint density at radius 3 is 2.23 bits per heavy atom. The molecule has 13 heavy (non-hydrogen) atoms. The maximum Gasteiger partial charge on any atom is 0.307 e. The number of rotatable bonds is 6. The number of carboxylic acid groups (broad SMARTS) is 2. The third-order valence-corrected chi connectivity index (χ3v) is 1.99. The fraction of sp³-hybridized carbons (Fsp3) is 0.556. The Kier molecular flexibility index (Phi) is 4.80. The van der Waals surface area contributed by atoms with Gasteiger partial charge < -0.3 is 10.2 Å². The summed E-state index contributed by atoms with van der Waals surface area (Å²) >= 11 is 0. The van der Waals surface area contributed by atoms with Crippen LogP contribution in [0.4, 0.5) is 0 Å². The van der Waals surface area contributed by atoms with Crippen LogP contribution in [0.15, 0.2) is 12.7 Å². The molecule has 0 heterocycles. The molecule has 0 aliphatic carbocycles. The van der Waals surface area contributed by atoms with E-state index in [-0.39, 0.29) is 0 Å². The van der Waals surface area contributed by atoms with Gasteiger partial charge in [0.15, 0.2) is 0 Å². The van der Waals surface area contributed by atoms with Crippen molar-refractivity contribution >= 4 is 11.9 Å². The quantitative estimate of drug-likeness (QED) is 0.614.